The van der Waals surface area contributed by atoms with Gasteiger partial charge in [-0.05, 0) is 25.5 Å². The molecular formula is C17H24N6O2. The first kappa shape index (κ1) is 17.3. The summed E-state index contributed by atoms with van der Waals surface area (Å²) in [5, 5.41) is 7.12. The second kappa shape index (κ2) is 7.18. The maximum absolute atomic E-state index is 12.6. The Balaban J connectivity index is 1.66. The maximum Gasteiger partial charge on any atom is 0.255 e. The van der Waals surface area contributed by atoms with Crippen molar-refractivity contribution in [3.8, 4) is 0 Å². The van der Waals surface area contributed by atoms with E-state index < -0.39 is 0 Å². The van der Waals surface area contributed by atoms with Crippen LogP contribution in [-0.2, 0) is 4.74 Å². The number of pyridine rings is 1. The van der Waals surface area contributed by atoms with Crippen molar-refractivity contribution in [1.29, 1.82) is 0 Å². The number of aromatic amines is 1. The van der Waals surface area contributed by atoms with E-state index in [0.29, 0.717) is 18.7 Å². The molecule has 0 saturated carbocycles. The lowest BCUT2D eigenvalue weighted by atomic mass is 10.0. The molecule has 2 atom stereocenters. The molecule has 0 radical (unpaired) electrons. The molecule has 1 fully saturated rings. The molecule has 2 aromatic heterocycles. The Morgan fingerprint density at radius 2 is 2.16 bits per heavy atom. The van der Waals surface area contributed by atoms with Crippen molar-refractivity contribution in [2.75, 3.05) is 39.2 Å². The van der Waals surface area contributed by atoms with Crippen LogP contribution in [0.4, 0.5) is 5.82 Å². The smallest absolute Gasteiger partial charge is 0.255 e. The number of ether oxygens (including phenoxy) is 1. The number of carbonyl (C=O) groups excluding carboxylic acids is 1. The molecule has 3 heterocycles. The third kappa shape index (κ3) is 3.79. The first-order chi connectivity index (χ1) is 12.0. The molecule has 2 aromatic rings. The summed E-state index contributed by atoms with van der Waals surface area (Å²) in [6, 6.07) is 3.64. The van der Waals surface area contributed by atoms with Crippen molar-refractivity contribution in [3.05, 3.63) is 35.5 Å². The minimum Gasteiger partial charge on any atom is -0.376 e. The molecule has 8 nitrogen and oxygen atoms in total. The van der Waals surface area contributed by atoms with E-state index in [0.717, 1.165) is 23.9 Å². The van der Waals surface area contributed by atoms with Gasteiger partial charge in [0.2, 0.25) is 0 Å². The number of amides is 1. The zero-order valence-electron chi connectivity index (χ0n) is 15.1. The normalized spacial score (nSPS) is 19.8. The van der Waals surface area contributed by atoms with Gasteiger partial charge in [-0.3, -0.25) is 9.89 Å². The van der Waals surface area contributed by atoms with Crippen LogP contribution in [0.1, 0.15) is 34.3 Å². The molecule has 0 bridgehead atoms. The summed E-state index contributed by atoms with van der Waals surface area (Å²) < 4.78 is 5.83. The topological polar surface area (TPSA) is 87.2 Å². The fourth-order valence-electron chi connectivity index (χ4n) is 3.00. The van der Waals surface area contributed by atoms with E-state index in [-0.39, 0.29) is 17.9 Å². The van der Waals surface area contributed by atoms with Crippen molar-refractivity contribution in [2.45, 2.75) is 25.4 Å². The summed E-state index contributed by atoms with van der Waals surface area (Å²) in [6.45, 7) is 3.03. The summed E-state index contributed by atoms with van der Waals surface area (Å²) in [4.78, 5) is 24.9. The molecule has 0 unspecified atom stereocenters. The summed E-state index contributed by atoms with van der Waals surface area (Å²) in [5.74, 6) is 2.40. The molecule has 134 valence electrons. The number of rotatable bonds is 5. The highest BCUT2D eigenvalue weighted by molar-refractivity contribution is 5.93. The van der Waals surface area contributed by atoms with Gasteiger partial charge in [0.05, 0.1) is 17.6 Å². The zero-order chi connectivity index (χ0) is 18.0. The van der Waals surface area contributed by atoms with Gasteiger partial charge in [0.15, 0.2) is 5.82 Å². The van der Waals surface area contributed by atoms with Crippen molar-refractivity contribution in [1.82, 2.24) is 25.1 Å². The van der Waals surface area contributed by atoms with Crippen LogP contribution in [-0.4, -0.2) is 71.4 Å². The van der Waals surface area contributed by atoms with E-state index in [9.17, 15) is 4.79 Å². The Morgan fingerprint density at radius 1 is 1.36 bits per heavy atom. The Bertz CT molecular complexity index is 727. The Labute approximate surface area is 147 Å². The molecule has 1 saturated heterocycles. The summed E-state index contributed by atoms with van der Waals surface area (Å²) in [6.07, 6.45) is 2.38. The Morgan fingerprint density at radius 3 is 2.76 bits per heavy atom. The van der Waals surface area contributed by atoms with E-state index in [1.54, 1.807) is 24.2 Å². The Kier molecular flexibility index (Phi) is 4.98. The number of likely N-dealkylation sites (N-methyl/N-ethyl adjacent to an activating group) is 1. The largest absolute Gasteiger partial charge is 0.376 e. The van der Waals surface area contributed by atoms with Gasteiger partial charge in [0.1, 0.15) is 11.6 Å². The number of nitrogens with one attached hydrogen (secondary N) is 1. The molecule has 1 aliphatic heterocycles. The summed E-state index contributed by atoms with van der Waals surface area (Å²) in [5.41, 5.74) is 0.566. The lowest BCUT2D eigenvalue weighted by molar-refractivity contribution is 0.0550. The minimum atomic E-state index is -0.0989. The molecule has 0 aromatic carbocycles. The van der Waals surface area contributed by atoms with Gasteiger partial charge in [-0.15, -0.1) is 0 Å². The number of anilines is 1. The number of aromatic nitrogens is 4. The predicted molar refractivity (Wildman–Crippen MR) is 93.7 cm³/mol. The van der Waals surface area contributed by atoms with Crippen LogP contribution in [0.5, 0.6) is 0 Å². The van der Waals surface area contributed by atoms with Crippen LogP contribution in [0.15, 0.2) is 18.3 Å². The highest BCUT2D eigenvalue weighted by atomic mass is 16.5. The standard InChI is InChI=1S/C17H24N6O2/c1-11-19-16(21-20-11)13-7-8-25-14(13)10-23(4)17(24)12-5-6-15(18-9-12)22(2)3/h5-6,9,13-14H,7-8,10H2,1-4H3,(H,19,20,21)/t13-,14-/m1/s1. The van der Waals surface area contributed by atoms with E-state index in [2.05, 4.69) is 20.2 Å². The number of hydrogen-bond donors (Lipinski definition) is 1. The van der Waals surface area contributed by atoms with Crippen LogP contribution in [0.3, 0.4) is 0 Å². The SMILES string of the molecule is Cc1nc([C@@H]2CCO[C@@H]2CN(C)C(=O)c2ccc(N(C)C)nc2)n[nH]1. The quantitative estimate of drug-likeness (QED) is 0.877. The van der Waals surface area contributed by atoms with Gasteiger partial charge in [-0.1, -0.05) is 0 Å². The van der Waals surface area contributed by atoms with Crippen molar-refractivity contribution in [3.63, 3.8) is 0 Å². The number of carbonyl (C=O) groups is 1. The van der Waals surface area contributed by atoms with Crippen LogP contribution >= 0.6 is 0 Å². The second-order valence-electron chi connectivity index (χ2n) is 6.57. The van der Waals surface area contributed by atoms with Crippen molar-refractivity contribution >= 4 is 11.7 Å². The molecule has 1 aliphatic rings. The minimum absolute atomic E-state index is 0.0711. The fourth-order valence-corrected chi connectivity index (χ4v) is 3.00. The van der Waals surface area contributed by atoms with Gasteiger partial charge in [0.25, 0.3) is 5.91 Å². The maximum atomic E-state index is 12.6. The number of aryl methyl sites for hydroxylation is 1. The molecule has 8 heteroatoms. The number of H-pyrrole nitrogens is 1. The molecule has 3 rings (SSSR count). The first-order valence-electron chi connectivity index (χ1n) is 8.35. The lowest BCUT2D eigenvalue weighted by Crippen LogP contribution is -2.36. The van der Waals surface area contributed by atoms with E-state index in [1.807, 2.05) is 32.0 Å². The monoisotopic (exact) mass is 344 g/mol. The third-order valence-electron chi connectivity index (χ3n) is 4.41. The molecule has 1 N–H and O–H groups in total. The van der Waals surface area contributed by atoms with E-state index in [4.69, 9.17) is 4.74 Å². The molecule has 0 spiro atoms. The summed E-state index contributed by atoms with van der Waals surface area (Å²) in [7, 11) is 5.61. The van der Waals surface area contributed by atoms with Gasteiger partial charge >= 0.3 is 0 Å². The van der Waals surface area contributed by atoms with Gasteiger partial charge < -0.3 is 14.5 Å². The fraction of sp³-hybridized carbons (Fsp3) is 0.529. The first-order valence-corrected chi connectivity index (χ1v) is 8.35. The average Bonchev–Trinajstić information content (AvgIpc) is 3.22. The van der Waals surface area contributed by atoms with Crippen molar-refractivity contribution < 1.29 is 9.53 Å². The lowest BCUT2D eigenvalue weighted by Gasteiger charge is -2.24. The van der Waals surface area contributed by atoms with Crippen LogP contribution in [0, 0.1) is 6.92 Å². The van der Waals surface area contributed by atoms with Gasteiger partial charge in [-0.2, -0.15) is 5.10 Å². The van der Waals surface area contributed by atoms with Crippen LogP contribution in [0.2, 0.25) is 0 Å². The number of nitrogens with zero attached hydrogens (tertiary/aromatic N) is 5. The molecule has 25 heavy (non-hydrogen) atoms. The second-order valence-corrected chi connectivity index (χ2v) is 6.57. The van der Waals surface area contributed by atoms with Gasteiger partial charge in [-0.25, -0.2) is 9.97 Å². The van der Waals surface area contributed by atoms with Crippen LogP contribution in [0.25, 0.3) is 0 Å². The van der Waals surface area contributed by atoms with Gasteiger partial charge in [0, 0.05) is 40.5 Å². The molecule has 1 amide bonds. The van der Waals surface area contributed by atoms with Crippen molar-refractivity contribution in [2.24, 2.45) is 0 Å². The third-order valence-corrected chi connectivity index (χ3v) is 4.41. The average molecular weight is 344 g/mol. The Hall–Kier alpha value is -2.48. The van der Waals surface area contributed by atoms with Crippen LogP contribution < -0.4 is 4.90 Å². The predicted octanol–water partition coefficient (Wildman–Crippen LogP) is 1.22. The zero-order valence-corrected chi connectivity index (χ0v) is 15.1. The highest BCUT2D eigenvalue weighted by Crippen LogP contribution is 2.29. The number of hydrogen-bond acceptors (Lipinski definition) is 6. The van der Waals surface area contributed by atoms with E-state index >= 15 is 0 Å². The summed E-state index contributed by atoms with van der Waals surface area (Å²) >= 11 is 0. The highest BCUT2D eigenvalue weighted by Gasteiger charge is 2.34. The molecule has 0 aliphatic carbocycles. The van der Waals surface area contributed by atoms with E-state index in [1.165, 1.54) is 0 Å². The molecular weight excluding hydrogens is 320 g/mol.